The van der Waals surface area contributed by atoms with E-state index in [-0.39, 0.29) is 0 Å². The Morgan fingerprint density at radius 2 is 0.637 bits per heavy atom. The normalized spacial score (nSPS) is 12.2. The maximum Gasteiger partial charge on any atom is 0.104 e. The van der Waals surface area contributed by atoms with Crippen LogP contribution < -0.4 is 0 Å². The van der Waals surface area contributed by atoms with Crippen LogP contribution in [0, 0.1) is 11.3 Å². The molecule has 0 aliphatic rings. The zero-order valence-electron chi connectivity index (χ0n) is 42.3. The highest BCUT2D eigenvalue weighted by Crippen LogP contribution is 2.55. The number of rotatable bonds is 5. The summed E-state index contributed by atoms with van der Waals surface area (Å²) in [5, 5.41) is 27.1. The van der Waals surface area contributed by atoms with Gasteiger partial charge in [0.15, 0.2) is 0 Å². The molecule has 0 aliphatic carbocycles. The van der Waals surface area contributed by atoms with E-state index >= 15 is 0 Å². The van der Waals surface area contributed by atoms with Crippen molar-refractivity contribution >= 4 is 160 Å². The van der Waals surface area contributed by atoms with Crippen molar-refractivity contribution in [1.29, 1.82) is 5.26 Å². The van der Waals surface area contributed by atoms with Crippen molar-refractivity contribution in [2.24, 2.45) is 0 Å². The largest absolute Gasteiger partial charge is 0.308 e. The molecule has 80 heavy (non-hydrogen) atoms. The molecule has 370 valence electrons. The third-order valence-electron chi connectivity index (χ3n) is 16.6. The molecule has 0 aliphatic heterocycles. The summed E-state index contributed by atoms with van der Waals surface area (Å²) in [6.07, 6.45) is 7.64. The molecule has 8 heterocycles. The minimum Gasteiger partial charge on any atom is -0.308 e. The number of nitrogens with zero attached hydrogens (tertiary/aromatic N) is 6. The number of nitriles is 1. The van der Waals surface area contributed by atoms with Crippen molar-refractivity contribution < 1.29 is 0 Å². The molecule has 0 unspecified atom stereocenters. The molecule has 0 N–H and O–H groups in total. The van der Waals surface area contributed by atoms with Gasteiger partial charge in [-0.2, -0.15) is 5.26 Å². The summed E-state index contributed by atoms with van der Waals surface area (Å²) in [5.74, 6) is 0. The number of para-hydroxylation sites is 3. The van der Waals surface area contributed by atoms with E-state index in [0.29, 0.717) is 5.56 Å². The molecule has 8 aromatic heterocycles. The van der Waals surface area contributed by atoms with Gasteiger partial charge in [-0.3, -0.25) is 9.97 Å². The molecule has 10 aromatic carbocycles. The van der Waals surface area contributed by atoms with Crippen molar-refractivity contribution in [2.45, 2.75) is 0 Å². The summed E-state index contributed by atoms with van der Waals surface area (Å²) in [7, 11) is 0. The molecule has 0 bridgehead atoms. The average molecular weight is 1070 g/mol. The molecule has 18 rings (SSSR count). The van der Waals surface area contributed by atoms with Gasteiger partial charge in [-0.15, -0.1) is 34.0 Å². The smallest absolute Gasteiger partial charge is 0.104 e. The molecule has 0 saturated carbocycles. The van der Waals surface area contributed by atoms with E-state index in [1.807, 2.05) is 70.9 Å². The quantitative estimate of drug-likeness (QED) is 0.172. The van der Waals surface area contributed by atoms with Crippen LogP contribution in [0.25, 0.3) is 165 Å². The summed E-state index contributed by atoms with van der Waals surface area (Å²) in [6.45, 7) is 0. The predicted molar refractivity (Wildman–Crippen MR) is 339 cm³/mol. The molecule has 0 saturated heterocycles. The third-order valence-corrected chi connectivity index (χ3v) is 20.0. The summed E-state index contributed by atoms with van der Waals surface area (Å²) >= 11 is 5.49. The standard InChI is InChI=1S/C71H38N6S3/c72-37-48-69(75-49-23-7-1-17-42(49)63-52(75)29-32-58-66(63)45-20-4-10-26-55(45)78-58)61(40-15-13-35-73-38-40)71(77-51-25-9-3-19-44(51)65-54(77)31-34-60-68(65)47-22-6-12-28-57(47)80-60)62(41-16-14-36-74-39-41)70(48)76-50-24-8-2-18-43(50)64-53(76)30-33-59-67(64)46-21-5-11-27-56(46)79-59/h1-36,38-39H. The molecule has 18 aromatic rings. The second kappa shape index (κ2) is 16.5. The molecular formula is C71H38N6S3. The van der Waals surface area contributed by atoms with Crippen LogP contribution >= 0.6 is 34.0 Å². The van der Waals surface area contributed by atoms with Crippen molar-refractivity contribution in [3.63, 3.8) is 0 Å². The van der Waals surface area contributed by atoms with Crippen molar-refractivity contribution in [1.82, 2.24) is 23.7 Å². The Morgan fingerprint density at radius 3 is 0.988 bits per heavy atom. The lowest BCUT2D eigenvalue weighted by Gasteiger charge is -2.28. The lowest BCUT2D eigenvalue weighted by atomic mass is 9.89. The summed E-state index contributed by atoms with van der Waals surface area (Å²) < 4.78 is 14.7. The Kier molecular flexibility index (Phi) is 9.11. The van der Waals surface area contributed by atoms with Crippen LogP contribution in [0.1, 0.15) is 5.56 Å². The number of benzene rings is 10. The van der Waals surface area contributed by atoms with Crippen LogP contribution in [0.4, 0.5) is 0 Å². The Morgan fingerprint density at radius 1 is 0.300 bits per heavy atom. The fourth-order valence-corrected chi connectivity index (χ4v) is 16.9. The molecule has 0 spiro atoms. The van der Waals surface area contributed by atoms with E-state index in [9.17, 15) is 5.26 Å². The Bertz CT molecular complexity index is 5490. The maximum absolute atomic E-state index is 12.8. The summed E-state index contributed by atoms with van der Waals surface area (Å²) in [4.78, 5) is 9.87. The van der Waals surface area contributed by atoms with Crippen LogP contribution in [0.3, 0.4) is 0 Å². The zero-order valence-corrected chi connectivity index (χ0v) is 44.8. The average Bonchev–Trinajstić information content (AvgIpc) is 3.85. The molecule has 0 radical (unpaired) electrons. The molecule has 9 heteroatoms. The fourth-order valence-electron chi connectivity index (χ4n) is 13.6. The highest BCUT2D eigenvalue weighted by molar-refractivity contribution is 7.26. The van der Waals surface area contributed by atoms with E-state index in [1.54, 1.807) is 0 Å². The van der Waals surface area contributed by atoms with Crippen LogP contribution in [-0.2, 0) is 0 Å². The third kappa shape index (κ3) is 5.83. The molecule has 0 amide bonds. The topological polar surface area (TPSA) is 64.4 Å². The van der Waals surface area contributed by atoms with Crippen LogP contribution in [0.2, 0.25) is 0 Å². The van der Waals surface area contributed by atoms with Crippen molar-refractivity contribution in [3.05, 3.63) is 237 Å². The SMILES string of the molecule is N#Cc1c(-n2c3ccccc3c3c4c(ccc32)sc2ccccc24)c(-c2cccnc2)c(-n2c3ccccc3c3c4c(ccc32)sc2ccccc24)c(-c2cccnc2)c1-n1c2ccccc2c2c3c(ccc21)sc1ccccc13. The molecule has 0 fully saturated rings. The van der Waals surface area contributed by atoms with Crippen molar-refractivity contribution in [3.8, 4) is 45.4 Å². The summed E-state index contributed by atoms with van der Waals surface area (Å²) in [5.41, 5.74) is 12.6. The van der Waals surface area contributed by atoms with E-state index in [0.717, 1.165) is 99.3 Å². The minimum atomic E-state index is 0.522. The van der Waals surface area contributed by atoms with Gasteiger partial charge in [-0.25, -0.2) is 0 Å². The van der Waals surface area contributed by atoms with Gasteiger partial charge in [0.05, 0.1) is 50.2 Å². The lowest BCUT2D eigenvalue weighted by molar-refractivity contribution is 1.09. The van der Waals surface area contributed by atoms with Gasteiger partial charge < -0.3 is 13.7 Å². The minimum absolute atomic E-state index is 0.522. The van der Waals surface area contributed by atoms with Gasteiger partial charge >= 0.3 is 0 Å². The first-order valence-electron chi connectivity index (χ1n) is 26.7. The lowest BCUT2D eigenvalue weighted by Crippen LogP contribution is -2.13. The van der Waals surface area contributed by atoms with E-state index in [2.05, 4.69) is 214 Å². The van der Waals surface area contributed by atoms with E-state index in [1.165, 1.54) is 65.9 Å². The number of thiophene rings is 3. The zero-order chi connectivity index (χ0) is 52.3. The number of hydrogen-bond donors (Lipinski definition) is 0. The van der Waals surface area contributed by atoms with Crippen LogP contribution in [0.15, 0.2) is 231 Å². The number of pyridine rings is 2. The van der Waals surface area contributed by atoms with Gasteiger partial charge in [0.25, 0.3) is 0 Å². The van der Waals surface area contributed by atoms with Gasteiger partial charge in [-0.1, -0.05) is 121 Å². The first-order valence-corrected chi connectivity index (χ1v) is 29.1. The summed E-state index contributed by atoms with van der Waals surface area (Å²) in [6, 6.07) is 77.9. The maximum atomic E-state index is 12.8. The van der Waals surface area contributed by atoms with Crippen molar-refractivity contribution in [2.75, 3.05) is 0 Å². The van der Waals surface area contributed by atoms with Gasteiger partial charge in [-0.05, 0) is 84.9 Å². The first-order chi connectivity index (χ1) is 39.7. The van der Waals surface area contributed by atoms with Gasteiger partial charge in [0, 0.05) is 140 Å². The van der Waals surface area contributed by atoms with Crippen LogP contribution in [0.5, 0.6) is 0 Å². The highest BCUT2D eigenvalue weighted by Gasteiger charge is 2.35. The Labute approximate surface area is 467 Å². The Balaban J connectivity index is 1.15. The fraction of sp³-hybridized carbons (Fsp3) is 0. The first kappa shape index (κ1) is 44.1. The van der Waals surface area contributed by atoms with E-state index in [4.69, 9.17) is 9.97 Å². The second-order valence-corrected chi connectivity index (χ2v) is 23.9. The second-order valence-electron chi connectivity index (χ2n) is 20.6. The highest BCUT2D eigenvalue weighted by atomic mass is 32.1. The molecular weight excluding hydrogens is 1030 g/mol. The van der Waals surface area contributed by atoms with Gasteiger partial charge in [0.2, 0.25) is 0 Å². The van der Waals surface area contributed by atoms with Crippen LogP contribution in [-0.4, -0.2) is 23.7 Å². The predicted octanol–water partition coefficient (Wildman–Crippen LogP) is 20.1. The number of fused-ring (bicyclic) bond motifs is 21. The molecule has 0 atom stereocenters. The monoisotopic (exact) mass is 1070 g/mol. The number of aromatic nitrogens is 5. The number of hydrogen-bond acceptors (Lipinski definition) is 6. The molecule has 6 nitrogen and oxygen atoms in total. The van der Waals surface area contributed by atoms with Gasteiger partial charge in [0.1, 0.15) is 11.6 Å². The van der Waals surface area contributed by atoms with E-state index < -0.39 is 0 Å². The Hall–Kier alpha value is -9.95.